The van der Waals surface area contributed by atoms with E-state index in [-0.39, 0.29) is 0 Å². The third kappa shape index (κ3) is 3.48. The molecule has 0 heterocycles. The lowest BCUT2D eigenvalue weighted by Gasteiger charge is -2.08. The van der Waals surface area contributed by atoms with E-state index >= 15 is 0 Å². The summed E-state index contributed by atoms with van der Waals surface area (Å²) in [5, 5.41) is 3.24. The fourth-order valence-electron chi connectivity index (χ4n) is 1.15. The molecule has 1 heteroatoms. The van der Waals surface area contributed by atoms with Crippen molar-refractivity contribution in [1.82, 2.24) is 5.32 Å². The zero-order valence-electron chi connectivity index (χ0n) is 8.72. The predicted octanol–water partition coefficient (Wildman–Crippen LogP) is 2.91. The first-order valence-corrected chi connectivity index (χ1v) is 4.82. The number of allylic oxidation sites excluding steroid dienone is 1. The van der Waals surface area contributed by atoms with Crippen molar-refractivity contribution in [2.24, 2.45) is 0 Å². The van der Waals surface area contributed by atoms with Crippen LogP contribution in [-0.4, -0.2) is 6.54 Å². The largest absolute Gasteiger partial charge is 0.385 e. The summed E-state index contributed by atoms with van der Waals surface area (Å²) in [6.07, 6.45) is 1.02. The average Bonchev–Trinajstić information content (AvgIpc) is 2.19. The van der Waals surface area contributed by atoms with Gasteiger partial charge >= 0.3 is 0 Å². The van der Waals surface area contributed by atoms with E-state index in [4.69, 9.17) is 0 Å². The molecule has 1 nitrogen and oxygen atoms in total. The maximum Gasteiger partial charge on any atom is 0.0290 e. The molecule has 0 unspecified atom stereocenters. The molecule has 0 aromatic heterocycles. The van der Waals surface area contributed by atoms with Gasteiger partial charge in [-0.3, -0.25) is 0 Å². The molecule has 0 spiro atoms. The third-order valence-corrected chi connectivity index (χ3v) is 2.11. The maximum absolute atomic E-state index is 3.87. The first kappa shape index (κ1) is 10.6. The summed E-state index contributed by atoms with van der Waals surface area (Å²) in [6.45, 7) is 10.6. The van der Waals surface area contributed by atoms with Crippen LogP contribution in [-0.2, 0) is 6.42 Å². The highest BCUT2D eigenvalue weighted by Crippen LogP contribution is 2.01. The third-order valence-electron chi connectivity index (χ3n) is 2.11. The lowest BCUT2D eigenvalue weighted by Crippen LogP contribution is -2.16. The van der Waals surface area contributed by atoms with Crippen LogP contribution in [0.1, 0.15) is 12.5 Å². The number of rotatable bonds is 5. The molecular weight excluding hydrogens is 170 g/mol. The van der Waals surface area contributed by atoms with E-state index in [1.807, 2.05) is 13.0 Å². The molecule has 0 radical (unpaired) electrons. The molecule has 74 valence electrons. The normalized spacial score (nSPS) is 9.50. The van der Waals surface area contributed by atoms with E-state index in [1.165, 1.54) is 5.56 Å². The van der Waals surface area contributed by atoms with E-state index in [0.29, 0.717) is 0 Å². The smallest absolute Gasteiger partial charge is 0.0290 e. The first-order valence-electron chi connectivity index (χ1n) is 4.82. The van der Waals surface area contributed by atoms with Gasteiger partial charge in [0.25, 0.3) is 0 Å². The van der Waals surface area contributed by atoms with Crippen molar-refractivity contribution in [2.45, 2.75) is 13.3 Å². The van der Waals surface area contributed by atoms with Gasteiger partial charge in [0.05, 0.1) is 0 Å². The monoisotopic (exact) mass is 187 g/mol. The molecule has 0 amide bonds. The van der Waals surface area contributed by atoms with E-state index in [2.05, 4.69) is 42.7 Å². The molecule has 0 aliphatic heterocycles. The Hall–Kier alpha value is -1.50. The highest BCUT2D eigenvalue weighted by molar-refractivity contribution is 5.21. The molecule has 0 aliphatic rings. The Balaban J connectivity index is 2.29. The number of hydrogen-bond acceptors (Lipinski definition) is 1. The van der Waals surface area contributed by atoms with Crippen LogP contribution >= 0.6 is 0 Å². The van der Waals surface area contributed by atoms with Crippen molar-refractivity contribution < 1.29 is 0 Å². The summed E-state index contributed by atoms with van der Waals surface area (Å²) in [4.78, 5) is 0. The van der Waals surface area contributed by atoms with Gasteiger partial charge in [-0.2, -0.15) is 0 Å². The number of hydrogen-bond donors (Lipinski definition) is 1. The maximum atomic E-state index is 3.87. The molecule has 0 aliphatic carbocycles. The summed E-state index contributed by atoms with van der Waals surface area (Å²) in [5.41, 5.74) is 3.27. The van der Waals surface area contributed by atoms with Crippen LogP contribution in [0.4, 0.5) is 0 Å². The van der Waals surface area contributed by atoms with Gasteiger partial charge in [0.15, 0.2) is 0 Å². The summed E-state index contributed by atoms with van der Waals surface area (Å²) >= 11 is 0. The van der Waals surface area contributed by atoms with Crippen LogP contribution in [0.5, 0.6) is 0 Å². The van der Waals surface area contributed by atoms with Gasteiger partial charge in [-0.25, -0.2) is 0 Å². The Morgan fingerprint density at radius 2 is 1.86 bits per heavy atom. The molecule has 14 heavy (non-hydrogen) atoms. The second kappa shape index (κ2) is 5.28. The quantitative estimate of drug-likeness (QED) is 0.699. The highest BCUT2D eigenvalue weighted by atomic mass is 14.9. The molecule has 0 bridgehead atoms. The predicted molar refractivity (Wildman–Crippen MR) is 62.1 cm³/mol. The van der Waals surface area contributed by atoms with Gasteiger partial charge in [-0.1, -0.05) is 43.5 Å². The van der Waals surface area contributed by atoms with Gasteiger partial charge in [-0.15, -0.1) is 0 Å². The summed E-state index contributed by atoms with van der Waals surface area (Å²) in [5.74, 6) is 0. The molecular formula is C13H17N. The lowest BCUT2D eigenvalue weighted by atomic mass is 10.1. The fraction of sp³-hybridized carbons (Fsp3) is 0.231. The minimum atomic E-state index is 0.912. The lowest BCUT2D eigenvalue weighted by molar-refractivity contribution is 0.798. The van der Waals surface area contributed by atoms with Crippen LogP contribution in [0, 0.1) is 0 Å². The minimum Gasteiger partial charge on any atom is -0.385 e. The second-order valence-corrected chi connectivity index (χ2v) is 3.42. The SMILES string of the molecule is C=C(C)C(=C)NCCc1ccccc1. The van der Waals surface area contributed by atoms with Gasteiger partial charge < -0.3 is 5.32 Å². The van der Waals surface area contributed by atoms with Crippen molar-refractivity contribution in [3.05, 3.63) is 60.3 Å². The molecule has 1 aromatic rings. The Kier molecular flexibility index (Phi) is 3.99. The zero-order valence-corrected chi connectivity index (χ0v) is 8.72. The van der Waals surface area contributed by atoms with Crippen molar-refractivity contribution in [3.63, 3.8) is 0 Å². The van der Waals surface area contributed by atoms with Crippen molar-refractivity contribution in [3.8, 4) is 0 Å². The van der Waals surface area contributed by atoms with E-state index in [0.717, 1.165) is 24.2 Å². The molecule has 0 saturated carbocycles. The molecule has 0 atom stereocenters. The molecule has 0 fully saturated rings. The van der Waals surface area contributed by atoms with E-state index < -0.39 is 0 Å². The van der Waals surface area contributed by atoms with Gasteiger partial charge in [-0.05, 0) is 24.5 Å². The second-order valence-electron chi connectivity index (χ2n) is 3.42. The Morgan fingerprint density at radius 3 is 2.43 bits per heavy atom. The van der Waals surface area contributed by atoms with Crippen LogP contribution in [0.2, 0.25) is 0 Å². The van der Waals surface area contributed by atoms with Crippen molar-refractivity contribution >= 4 is 0 Å². The fourth-order valence-corrected chi connectivity index (χ4v) is 1.15. The molecule has 1 N–H and O–H groups in total. The standard InChI is InChI=1S/C13H17N/c1-11(2)12(3)14-10-9-13-7-5-4-6-8-13/h4-8,14H,1,3,9-10H2,2H3. The molecule has 1 aromatic carbocycles. The van der Waals surface area contributed by atoms with Crippen LogP contribution in [0.15, 0.2) is 54.8 Å². The van der Waals surface area contributed by atoms with Crippen LogP contribution in [0.25, 0.3) is 0 Å². The molecule has 1 rings (SSSR count). The summed E-state index contributed by atoms with van der Waals surface area (Å²) < 4.78 is 0. The zero-order chi connectivity index (χ0) is 10.4. The minimum absolute atomic E-state index is 0.912. The van der Waals surface area contributed by atoms with Crippen molar-refractivity contribution in [1.29, 1.82) is 0 Å². The van der Waals surface area contributed by atoms with Gasteiger partial charge in [0.2, 0.25) is 0 Å². The van der Waals surface area contributed by atoms with Gasteiger partial charge in [0.1, 0.15) is 0 Å². The van der Waals surface area contributed by atoms with Crippen LogP contribution in [0.3, 0.4) is 0 Å². The highest BCUT2D eigenvalue weighted by Gasteiger charge is 1.94. The van der Waals surface area contributed by atoms with Crippen molar-refractivity contribution in [2.75, 3.05) is 6.54 Å². The Labute approximate surface area is 86.2 Å². The summed E-state index contributed by atoms with van der Waals surface area (Å²) in [7, 11) is 0. The van der Waals surface area contributed by atoms with E-state index in [1.54, 1.807) is 0 Å². The average molecular weight is 187 g/mol. The first-order chi connectivity index (χ1) is 6.70. The van der Waals surface area contributed by atoms with Gasteiger partial charge in [0, 0.05) is 12.2 Å². The Morgan fingerprint density at radius 1 is 1.21 bits per heavy atom. The summed E-state index contributed by atoms with van der Waals surface area (Å²) in [6, 6.07) is 10.4. The van der Waals surface area contributed by atoms with E-state index in [9.17, 15) is 0 Å². The molecule has 0 saturated heterocycles. The number of benzene rings is 1. The van der Waals surface area contributed by atoms with Crippen LogP contribution < -0.4 is 5.32 Å². The number of nitrogens with one attached hydrogen (secondary N) is 1. The topological polar surface area (TPSA) is 12.0 Å². The Bertz CT molecular complexity index is 311.